The van der Waals surface area contributed by atoms with Gasteiger partial charge in [-0.25, -0.2) is 4.79 Å². The highest BCUT2D eigenvalue weighted by Gasteiger charge is 2.27. The second kappa shape index (κ2) is 3.86. The minimum Gasteiger partial charge on any atom is -0.444 e. The van der Waals surface area contributed by atoms with Crippen molar-refractivity contribution in [3.8, 4) is 0 Å². The van der Waals surface area contributed by atoms with Gasteiger partial charge in [0.15, 0.2) is 0 Å². The molecule has 0 saturated carbocycles. The fourth-order valence-electron chi connectivity index (χ4n) is 1.18. The van der Waals surface area contributed by atoms with E-state index in [1.54, 1.807) is 20.8 Å². The summed E-state index contributed by atoms with van der Waals surface area (Å²) < 4.78 is 5.02. The maximum Gasteiger partial charge on any atom is 0.408 e. The van der Waals surface area contributed by atoms with E-state index < -0.39 is 17.7 Å². The third-order valence-electron chi connectivity index (χ3n) is 1.74. The van der Waals surface area contributed by atoms with Gasteiger partial charge in [-0.1, -0.05) is 0 Å². The molecule has 14 heavy (non-hydrogen) atoms. The lowest BCUT2D eigenvalue weighted by Gasteiger charge is -2.20. The summed E-state index contributed by atoms with van der Waals surface area (Å²) in [6.07, 6.45) is 0.0810. The van der Waals surface area contributed by atoms with Gasteiger partial charge in [0.05, 0.1) is 0 Å². The van der Waals surface area contributed by atoms with Crippen molar-refractivity contribution >= 4 is 12.0 Å². The van der Waals surface area contributed by atoms with E-state index in [0.29, 0.717) is 13.0 Å². The number of alkyl carbamates (subject to hydrolysis) is 1. The van der Waals surface area contributed by atoms with Crippen molar-refractivity contribution in [2.75, 3.05) is 6.54 Å². The maximum absolute atomic E-state index is 11.2. The van der Waals surface area contributed by atoms with E-state index >= 15 is 0 Å². The molecule has 1 unspecified atom stereocenters. The molecule has 0 aromatic rings. The molecule has 0 aromatic carbocycles. The molecular weight excluding hydrogens is 184 g/mol. The summed E-state index contributed by atoms with van der Waals surface area (Å²) in [5, 5.41) is 5.14. The molecule has 0 aromatic heterocycles. The highest BCUT2D eigenvalue weighted by molar-refractivity contribution is 5.87. The van der Waals surface area contributed by atoms with Crippen molar-refractivity contribution in [2.24, 2.45) is 0 Å². The molecule has 5 heteroatoms. The van der Waals surface area contributed by atoms with Gasteiger partial charge in [-0.05, 0) is 27.2 Å². The van der Waals surface area contributed by atoms with Crippen LogP contribution in [0.4, 0.5) is 4.79 Å². The lowest BCUT2D eigenvalue weighted by Crippen LogP contribution is -2.42. The van der Waals surface area contributed by atoms with Crippen LogP contribution in [-0.4, -0.2) is 30.2 Å². The Bertz CT molecular complexity index is 245. The average molecular weight is 200 g/mol. The van der Waals surface area contributed by atoms with Crippen LogP contribution < -0.4 is 10.6 Å². The van der Waals surface area contributed by atoms with E-state index in [0.717, 1.165) is 0 Å². The van der Waals surface area contributed by atoms with Crippen molar-refractivity contribution in [3.05, 3.63) is 0 Å². The van der Waals surface area contributed by atoms with Gasteiger partial charge in [0, 0.05) is 6.54 Å². The molecule has 1 aliphatic heterocycles. The van der Waals surface area contributed by atoms with E-state index in [1.165, 1.54) is 0 Å². The first-order valence-corrected chi connectivity index (χ1v) is 4.66. The molecule has 0 spiro atoms. The molecule has 1 aliphatic rings. The van der Waals surface area contributed by atoms with Gasteiger partial charge < -0.3 is 15.4 Å². The van der Waals surface area contributed by atoms with Crippen molar-refractivity contribution in [3.63, 3.8) is 0 Å². The Balaban J connectivity index is 2.37. The number of hydrogen-bond acceptors (Lipinski definition) is 3. The summed E-state index contributed by atoms with van der Waals surface area (Å²) in [7, 11) is 0. The Morgan fingerprint density at radius 2 is 2.21 bits per heavy atom. The Hall–Kier alpha value is -1.26. The first-order chi connectivity index (χ1) is 6.38. The molecule has 1 saturated heterocycles. The van der Waals surface area contributed by atoms with Crippen molar-refractivity contribution in [2.45, 2.75) is 38.8 Å². The summed E-state index contributed by atoms with van der Waals surface area (Å²) in [6.45, 7) is 5.95. The van der Waals surface area contributed by atoms with Crippen LogP contribution in [0.15, 0.2) is 0 Å². The minimum absolute atomic E-state index is 0.143. The van der Waals surface area contributed by atoms with Crippen LogP contribution in [-0.2, 0) is 9.53 Å². The summed E-state index contributed by atoms with van der Waals surface area (Å²) in [5.74, 6) is -0.143. The number of rotatable bonds is 1. The third kappa shape index (κ3) is 3.24. The first kappa shape index (κ1) is 10.8. The SMILES string of the molecule is CC(C)(C)OC(=O)NC1CCNC1=O. The Labute approximate surface area is 83.2 Å². The van der Waals surface area contributed by atoms with Crippen molar-refractivity contribution in [1.82, 2.24) is 10.6 Å². The monoisotopic (exact) mass is 200 g/mol. The van der Waals surface area contributed by atoms with Crippen LogP contribution in [0.2, 0.25) is 0 Å². The summed E-state index contributed by atoms with van der Waals surface area (Å²) in [4.78, 5) is 22.3. The number of nitrogens with one attached hydrogen (secondary N) is 2. The van der Waals surface area contributed by atoms with Crippen LogP contribution in [0.25, 0.3) is 0 Å². The van der Waals surface area contributed by atoms with E-state index in [2.05, 4.69) is 10.6 Å². The Morgan fingerprint density at radius 1 is 1.57 bits per heavy atom. The molecule has 1 fully saturated rings. The average Bonchev–Trinajstić information content (AvgIpc) is 2.32. The molecule has 2 amide bonds. The largest absolute Gasteiger partial charge is 0.444 e. The van der Waals surface area contributed by atoms with Gasteiger partial charge in [0.1, 0.15) is 11.6 Å². The number of carbonyl (C=O) groups excluding carboxylic acids is 2. The first-order valence-electron chi connectivity index (χ1n) is 4.66. The van der Waals surface area contributed by atoms with Crippen LogP contribution in [0.3, 0.4) is 0 Å². The maximum atomic E-state index is 11.2. The van der Waals surface area contributed by atoms with Gasteiger partial charge in [-0.2, -0.15) is 0 Å². The fourth-order valence-corrected chi connectivity index (χ4v) is 1.18. The van der Waals surface area contributed by atoms with E-state index in [-0.39, 0.29) is 5.91 Å². The zero-order valence-corrected chi connectivity index (χ0v) is 8.72. The van der Waals surface area contributed by atoms with Crippen molar-refractivity contribution in [1.29, 1.82) is 0 Å². The van der Waals surface area contributed by atoms with Crippen LogP contribution in [0, 0.1) is 0 Å². The summed E-state index contributed by atoms with van der Waals surface area (Å²) in [6, 6.07) is -0.440. The van der Waals surface area contributed by atoms with Gasteiger partial charge >= 0.3 is 6.09 Å². The zero-order valence-electron chi connectivity index (χ0n) is 8.72. The zero-order chi connectivity index (χ0) is 10.8. The molecule has 1 rings (SSSR count). The highest BCUT2D eigenvalue weighted by atomic mass is 16.6. The predicted molar refractivity (Wildman–Crippen MR) is 50.8 cm³/mol. The number of amides is 2. The number of hydrogen-bond donors (Lipinski definition) is 2. The topological polar surface area (TPSA) is 67.4 Å². The fraction of sp³-hybridized carbons (Fsp3) is 0.778. The van der Waals surface area contributed by atoms with Gasteiger partial charge in [0.25, 0.3) is 0 Å². The molecule has 2 N–H and O–H groups in total. The molecule has 0 bridgehead atoms. The third-order valence-corrected chi connectivity index (χ3v) is 1.74. The molecule has 0 radical (unpaired) electrons. The van der Waals surface area contributed by atoms with Crippen molar-refractivity contribution < 1.29 is 14.3 Å². The van der Waals surface area contributed by atoms with Crippen LogP contribution >= 0.6 is 0 Å². The molecule has 80 valence electrons. The number of ether oxygens (including phenoxy) is 1. The molecule has 5 nitrogen and oxygen atoms in total. The lowest BCUT2D eigenvalue weighted by molar-refractivity contribution is -0.120. The quantitative estimate of drug-likeness (QED) is 0.643. The van der Waals surface area contributed by atoms with Crippen LogP contribution in [0.1, 0.15) is 27.2 Å². The summed E-state index contributed by atoms with van der Waals surface area (Å²) >= 11 is 0. The van der Waals surface area contributed by atoms with Gasteiger partial charge in [-0.15, -0.1) is 0 Å². The molecule has 1 atom stereocenters. The normalized spacial score (nSPS) is 21.6. The molecular formula is C9H16N2O3. The minimum atomic E-state index is -0.542. The smallest absolute Gasteiger partial charge is 0.408 e. The molecule has 1 heterocycles. The second-order valence-electron chi connectivity index (χ2n) is 4.28. The lowest BCUT2D eigenvalue weighted by atomic mass is 10.2. The van der Waals surface area contributed by atoms with E-state index in [9.17, 15) is 9.59 Å². The van der Waals surface area contributed by atoms with Gasteiger partial charge in [0.2, 0.25) is 5.91 Å². The highest BCUT2D eigenvalue weighted by Crippen LogP contribution is 2.08. The van der Waals surface area contributed by atoms with E-state index in [4.69, 9.17) is 4.74 Å². The summed E-state index contributed by atoms with van der Waals surface area (Å²) in [5.41, 5.74) is -0.529. The second-order valence-corrected chi connectivity index (χ2v) is 4.28. The van der Waals surface area contributed by atoms with Crippen LogP contribution in [0.5, 0.6) is 0 Å². The predicted octanol–water partition coefficient (Wildman–Crippen LogP) is 0.400. The Morgan fingerprint density at radius 3 is 2.64 bits per heavy atom. The number of carbonyl (C=O) groups is 2. The van der Waals surface area contributed by atoms with Gasteiger partial charge in [-0.3, -0.25) is 4.79 Å². The Kier molecular flexibility index (Phi) is 2.98. The standard InChI is InChI=1S/C9H16N2O3/c1-9(2,3)14-8(13)11-6-4-5-10-7(6)12/h6H,4-5H2,1-3H3,(H,10,12)(H,11,13). The van der Waals surface area contributed by atoms with E-state index in [1.807, 2.05) is 0 Å². The molecule has 0 aliphatic carbocycles.